The summed E-state index contributed by atoms with van der Waals surface area (Å²) >= 11 is 0. The van der Waals surface area contributed by atoms with Crippen LogP contribution < -0.4 is 5.32 Å². The van der Waals surface area contributed by atoms with Crippen molar-refractivity contribution in [3.8, 4) is 0 Å². The summed E-state index contributed by atoms with van der Waals surface area (Å²) in [5, 5.41) is 5.28. The molecule has 7 heteroatoms. The number of urea groups is 1. The fourth-order valence-electron chi connectivity index (χ4n) is 4.69. The van der Waals surface area contributed by atoms with Crippen molar-refractivity contribution in [1.29, 1.82) is 0 Å². The topological polar surface area (TPSA) is 76.7 Å². The van der Waals surface area contributed by atoms with Gasteiger partial charge >= 0.3 is 12.0 Å². The maximum Gasteiger partial charge on any atom is 0.338 e. The fourth-order valence-corrected chi connectivity index (χ4v) is 4.69. The Morgan fingerprint density at radius 1 is 0.892 bits per heavy atom. The van der Waals surface area contributed by atoms with Gasteiger partial charge in [-0.05, 0) is 67.9 Å². The van der Waals surface area contributed by atoms with E-state index in [1.807, 2.05) is 6.07 Å². The molecule has 0 spiro atoms. The second kappa shape index (κ2) is 10.6. The first-order valence-corrected chi connectivity index (χ1v) is 12.4. The SMILES string of the molecule is CCOC(=O)c1cccc(NC(=O)N(Cc2ccc3c(c2)c2ccccc2n3CC)Cc2ccco2)c1. The zero-order valence-electron chi connectivity index (χ0n) is 20.9. The first-order valence-electron chi connectivity index (χ1n) is 12.4. The van der Waals surface area contributed by atoms with Gasteiger partial charge in [-0.15, -0.1) is 0 Å². The Morgan fingerprint density at radius 2 is 1.73 bits per heavy atom. The molecule has 2 aromatic heterocycles. The van der Waals surface area contributed by atoms with Crippen LogP contribution in [0.3, 0.4) is 0 Å². The predicted molar refractivity (Wildman–Crippen MR) is 144 cm³/mol. The summed E-state index contributed by atoms with van der Waals surface area (Å²) in [4.78, 5) is 27.3. The molecule has 188 valence electrons. The Kier molecular flexibility index (Phi) is 6.94. The van der Waals surface area contributed by atoms with Gasteiger partial charge in [0, 0.05) is 40.6 Å². The van der Waals surface area contributed by atoms with Crippen LogP contribution in [0.1, 0.15) is 35.5 Å². The zero-order valence-corrected chi connectivity index (χ0v) is 20.9. The normalized spacial score (nSPS) is 11.1. The van der Waals surface area contributed by atoms with Gasteiger partial charge in [0.15, 0.2) is 0 Å². The van der Waals surface area contributed by atoms with Crippen molar-refractivity contribution in [2.75, 3.05) is 11.9 Å². The average molecular weight is 496 g/mol. The number of aromatic nitrogens is 1. The largest absolute Gasteiger partial charge is 0.467 e. The second-order valence-corrected chi connectivity index (χ2v) is 8.78. The minimum absolute atomic E-state index is 0.285. The number of carbonyl (C=O) groups is 2. The number of hydrogen-bond acceptors (Lipinski definition) is 4. The van der Waals surface area contributed by atoms with Crippen LogP contribution in [0.2, 0.25) is 0 Å². The number of rotatable bonds is 8. The highest BCUT2D eigenvalue weighted by molar-refractivity contribution is 6.08. The number of nitrogens with zero attached hydrogens (tertiary/aromatic N) is 2. The molecule has 7 nitrogen and oxygen atoms in total. The highest BCUT2D eigenvalue weighted by atomic mass is 16.5. The van der Waals surface area contributed by atoms with Gasteiger partial charge in [-0.3, -0.25) is 0 Å². The Hall–Kier alpha value is -4.52. The van der Waals surface area contributed by atoms with Gasteiger partial charge in [-0.1, -0.05) is 30.3 Å². The molecule has 37 heavy (non-hydrogen) atoms. The van der Waals surface area contributed by atoms with E-state index in [0.717, 1.165) is 17.5 Å². The lowest BCUT2D eigenvalue weighted by molar-refractivity contribution is 0.0526. The Labute approximate surface area is 215 Å². The van der Waals surface area contributed by atoms with Crippen molar-refractivity contribution < 1.29 is 18.7 Å². The molecule has 0 bridgehead atoms. The van der Waals surface area contributed by atoms with Gasteiger partial charge in [-0.25, -0.2) is 9.59 Å². The molecule has 0 aliphatic rings. The summed E-state index contributed by atoms with van der Waals surface area (Å²) in [7, 11) is 0. The van der Waals surface area contributed by atoms with Crippen molar-refractivity contribution in [2.45, 2.75) is 33.5 Å². The van der Waals surface area contributed by atoms with E-state index >= 15 is 0 Å². The number of nitrogens with one attached hydrogen (secondary N) is 1. The minimum Gasteiger partial charge on any atom is -0.467 e. The quantitative estimate of drug-likeness (QED) is 0.240. The smallest absolute Gasteiger partial charge is 0.338 e. The van der Waals surface area contributed by atoms with Crippen molar-refractivity contribution in [1.82, 2.24) is 9.47 Å². The van der Waals surface area contributed by atoms with Crippen molar-refractivity contribution >= 4 is 39.5 Å². The molecule has 3 aromatic carbocycles. The fraction of sp³-hybridized carbons (Fsp3) is 0.200. The lowest BCUT2D eigenvalue weighted by atomic mass is 10.1. The van der Waals surface area contributed by atoms with E-state index < -0.39 is 5.97 Å². The molecule has 0 radical (unpaired) electrons. The minimum atomic E-state index is -0.425. The molecular weight excluding hydrogens is 466 g/mol. The van der Waals surface area contributed by atoms with E-state index in [-0.39, 0.29) is 12.6 Å². The monoisotopic (exact) mass is 495 g/mol. The summed E-state index contributed by atoms with van der Waals surface area (Å²) in [6.07, 6.45) is 1.60. The molecule has 0 aliphatic heterocycles. The maximum atomic E-state index is 13.4. The summed E-state index contributed by atoms with van der Waals surface area (Å²) in [5.74, 6) is 0.254. The van der Waals surface area contributed by atoms with Crippen molar-refractivity contribution in [3.05, 3.63) is 102 Å². The number of aryl methyl sites for hydroxylation is 1. The van der Waals surface area contributed by atoms with Crippen LogP contribution in [0.25, 0.3) is 21.8 Å². The van der Waals surface area contributed by atoms with Crippen LogP contribution in [0, 0.1) is 0 Å². The predicted octanol–water partition coefficient (Wildman–Crippen LogP) is 6.82. The summed E-state index contributed by atoms with van der Waals surface area (Å²) in [6.45, 7) is 5.74. The number of hydrogen-bond donors (Lipinski definition) is 1. The molecule has 0 fully saturated rings. The van der Waals surface area contributed by atoms with Crippen LogP contribution in [0.5, 0.6) is 0 Å². The van der Waals surface area contributed by atoms with Gasteiger partial charge in [0.2, 0.25) is 0 Å². The summed E-state index contributed by atoms with van der Waals surface area (Å²) < 4.78 is 12.9. The van der Waals surface area contributed by atoms with Crippen LogP contribution in [0.4, 0.5) is 10.5 Å². The molecule has 5 aromatic rings. The second-order valence-electron chi connectivity index (χ2n) is 8.78. The number of amides is 2. The molecule has 1 N–H and O–H groups in total. The van der Waals surface area contributed by atoms with Crippen LogP contribution >= 0.6 is 0 Å². The third-order valence-corrected chi connectivity index (χ3v) is 6.37. The van der Waals surface area contributed by atoms with E-state index in [4.69, 9.17) is 9.15 Å². The Morgan fingerprint density at radius 3 is 2.51 bits per heavy atom. The van der Waals surface area contributed by atoms with Crippen molar-refractivity contribution in [3.63, 3.8) is 0 Å². The molecule has 2 amide bonds. The van der Waals surface area contributed by atoms with Crippen molar-refractivity contribution in [2.24, 2.45) is 0 Å². The van der Waals surface area contributed by atoms with Crippen LogP contribution in [-0.2, 0) is 24.4 Å². The number of esters is 1. The highest BCUT2D eigenvalue weighted by Gasteiger charge is 2.18. The lowest BCUT2D eigenvalue weighted by Gasteiger charge is -2.22. The molecule has 0 aliphatic carbocycles. The highest BCUT2D eigenvalue weighted by Crippen LogP contribution is 2.30. The van der Waals surface area contributed by atoms with E-state index in [1.165, 1.54) is 16.4 Å². The molecular formula is C30H29N3O4. The maximum absolute atomic E-state index is 13.4. The molecule has 0 atom stereocenters. The molecule has 5 rings (SSSR count). The number of para-hydroxylation sites is 1. The van der Waals surface area contributed by atoms with Gasteiger partial charge in [-0.2, -0.15) is 0 Å². The molecule has 0 unspecified atom stereocenters. The first kappa shape index (κ1) is 24.2. The van der Waals surface area contributed by atoms with E-state index in [0.29, 0.717) is 30.1 Å². The van der Waals surface area contributed by atoms with Gasteiger partial charge in [0.1, 0.15) is 5.76 Å². The standard InChI is InChI=1S/C30H29N3O4/c1-3-33-27-13-6-5-12-25(27)26-17-21(14-15-28(26)33)19-32(20-24-11-8-16-37-24)30(35)31-23-10-7-9-22(18-23)29(34)36-4-2/h5-18H,3-4,19-20H2,1-2H3,(H,31,35). The number of anilines is 1. The van der Waals surface area contributed by atoms with Gasteiger partial charge < -0.3 is 23.9 Å². The van der Waals surface area contributed by atoms with Crippen LogP contribution in [-0.4, -0.2) is 28.1 Å². The lowest BCUT2D eigenvalue weighted by Crippen LogP contribution is -2.34. The zero-order chi connectivity index (χ0) is 25.8. The average Bonchev–Trinajstić information content (AvgIpc) is 3.54. The Balaban J connectivity index is 1.44. The number of benzene rings is 3. The summed E-state index contributed by atoms with van der Waals surface area (Å²) in [6, 6.07) is 24.8. The molecule has 2 heterocycles. The number of ether oxygens (including phenoxy) is 1. The number of furan rings is 1. The number of fused-ring (bicyclic) bond motifs is 3. The van der Waals surface area contributed by atoms with E-state index in [2.05, 4.69) is 59.3 Å². The van der Waals surface area contributed by atoms with Gasteiger partial charge in [0.05, 0.1) is 25.0 Å². The first-order chi connectivity index (χ1) is 18.1. The van der Waals surface area contributed by atoms with Crippen LogP contribution in [0.15, 0.2) is 89.5 Å². The number of carbonyl (C=O) groups excluding carboxylic acids is 2. The van der Waals surface area contributed by atoms with E-state index in [9.17, 15) is 9.59 Å². The molecule has 0 saturated carbocycles. The Bertz CT molecular complexity index is 1550. The van der Waals surface area contributed by atoms with E-state index in [1.54, 1.807) is 48.4 Å². The van der Waals surface area contributed by atoms with Gasteiger partial charge in [0.25, 0.3) is 0 Å². The third kappa shape index (κ3) is 5.07. The molecule has 0 saturated heterocycles. The summed E-state index contributed by atoms with van der Waals surface area (Å²) in [5.41, 5.74) is 4.28. The third-order valence-electron chi connectivity index (χ3n) is 6.37.